The summed E-state index contributed by atoms with van der Waals surface area (Å²) in [5.74, 6) is 0. The number of fused-ring (bicyclic) bond motifs is 5. The average molecular weight is 822 g/mol. The molecule has 12 rings (SSSR count). The Kier molecular flexibility index (Phi) is 7.89. The van der Waals surface area contributed by atoms with E-state index in [0.29, 0.717) is 5.56 Å². The topological polar surface area (TPSA) is 0 Å². The largest absolute Gasteiger partial charge is 0.134 e. The fourth-order valence-corrected chi connectivity index (χ4v) is 11.1. The van der Waals surface area contributed by atoms with Crippen LogP contribution in [-0.4, -0.2) is 0 Å². The van der Waals surface area contributed by atoms with E-state index in [1.807, 2.05) is 30.3 Å². The number of benzene rings is 11. The Balaban J connectivity index is 1.19. The van der Waals surface area contributed by atoms with Crippen molar-refractivity contribution in [2.24, 2.45) is 0 Å². The van der Waals surface area contributed by atoms with E-state index < -0.39 is 6.04 Å². The molecule has 63 heavy (non-hydrogen) atoms. The summed E-state index contributed by atoms with van der Waals surface area (Å²) >= 11 is 1.80. The molecule has 0 aliphatic rings. The molecule has 0 nitrogen and oxygen atoms in total. The summed E-state index contributed by atoms with van der Waals surface area (Å²) in [5.41, 5.74) is 13.3. The highest BCUT2D eigenvalue weighted by Crippen LogP contribution is 2.55. The fraction of sp³-hybridized carbons (Fsp3) is 0. The molecule has 0 saturated heterocycles. The van der Waals surface area contributed by atoms with Crippen molar-refractivity contribution >= 4 is 53.7 Å². The van der Waals surface area contributed by atoms with E-state index >= 15 is 0 Å². The summed E-state index contributed by atoms with van der Waals surface area (Å²) in [6, 6.07) is 73.9. The van der Waals surface area contributed by atoms with Crippen LogP contribution in [0.5, 0.6) is 0 Å². The van der Waals surface area contributed by atoms with Gasteiger partial charge in [-0.2, -0.15) is 0 Å². The molecule has 1 heterocycles. The van der Waals surface area contributed by atoms with Gasteiger partial charge in [0.25, 0.3) is 0 Å². The molecular formula is C62H40S. The molecule has 0 spiro atoms. The van der Waals surface area contributed by atoms with Gasteiger partial charge in [0.2, 0.25) is 0 Å². The molecular weight excluding hydrogens is 777 g/mol. The lowest BCUT2D eigenvalue weighted by atomic mass is 9.82. The summed E-state index contributed by atoms with van der Waals surface area (Å²) in [6.07, 6.45) is 0. The zero-order valence-corrected chi connectivity index (χ0v) is 34.9. The van der Waals surface area contributed by atoms with Gasteiger partial charge >= 0.3 is 0 Å². The first kappa shape index (κ1) is 32.0. The molecule has 0 amide bonds. The van der Waals surface area contributed by atoms with Crippen molar-refractivity contribution in [3.05, 3.63) is 243 Å². The van der Waals surface area contributed by atoms with Gasteiger partial charge in [0.15, 0.2) is 0 Å². The van der Waals surface area contributed by atoms with E-state index in [2.05, 4.69) is 182 Å². The van der Waals surface area contributed by atoms with Gasteiger partial charge in [-0.1, -0.05) is 236 Å². The van der Waals surface area contributed by atoms with Crippen LogP contribution in [0.15, 0.2) is 243 Å². The van der Waals surface area contributed by atoms with E-state index in [0.717, 1.165) is 54.4 Å². The van der Waals surface area contributed by atoms with Gasteiger partial charge in [-0.25, -0.2) is 0 Å². The molecule has 0 radical (unpaired) electrons. The number of hydrogen-bond acceptors (Lipinski definition) is 1. The molecule has 0 N–H and O–H groups in total. The molecule has 0 aliphatic carbocycles. The minimum atomic E-state index is -0.399. The molecule has 1 heteroatoms. The van der Waals surface area contributed by atoms with Gasteiger partial charge in [-0.05, 0) is 99.6 Å². The van der Waals surface area contributed by atoms with Crippen LogP contribution in [0.1, 0.15) is 6.85 Å². The van der Waals surface area contributed by atoms with Gasteiger partial charge in [0.05, 0.1) is 6.85 Å². The summed E-state index contributed by atoms with van der Waals surface area (Å²) < 4.78 is 43.5. The molecule has 0 saturated carbocycles. The van der Waals surface area contributed by atoms with Crippen molar-refractivity contribution in [2.45, 2.75) is 0 Å². The average Bonchev–Trinajstić information content (AvgIpc) is 3.80. The van der Waals surface area contributed by atoms with Crippen LogP contribution in [0, 0.1) is 0 Å². The first-order chi connectivity index (χ1) is 33.4. The summed E-state index contributed by atoms with van der Waals surface area (Å²) in [6.45, 7) is 0. The van der Waals surface area contributed by atoms with Crippen molar-refractivity contribution in [1.29, 1.82) is 0 Å². The van der Waals surface area contributed by atoms with Crippen molar-refractivity contribution < 1.29 is 6.85 Å². The molecule has 0 fully saturated rings. The van der Waals surface area contributed by atoms with E-state index in [9.17, 15) is 0 Å². The van der Waals surface area contributed by atoms with E-state index in [4.69, 9.17) is 6.85 Å². The molecule has 0 unspecified atom stereocenters. The lowest BCUT2D eigenvalue weighted by molar-refractivity contribution is 1.61. The van der Waals surface area contributed by atoms with Crippen LogP contribution in [0.25, 0.3) is 120 Å². The third-order valence-electron chi connectivity index (χ3n) is 12.3. The molecule has 0 bridgehead atoms. The molecule has 12 aromatic rings. The second-order valence-electron chi connectivity index (χ2n) is 15.9. The highest BCUT2D eigenvalue weighted by atomic mass is 32.1. The molecule has 294 valence electrons. The Morgan fingerprint density at radius 1 is 0.270 bits per heavy atom. The molecule has 0 atom stereocenters. The predicted molar refractivity (Wildman–Crippen MR) is 272 cm³/mol. The Morgan fingerprint density at radius 2 is 0.683 bits per heavy atom. The lowest BCUT2D eigenvalue weighted by Gasteiger charge is -2.21. The van der Waals surface area contributed by atoms with Crippen LogP contribution < -0.4 is 0 Å². The first-order valence-electron chi connectivity index (χ1n) is 23.8. The van der Waals surface area contributed by atoms with Crippen molar-refractivity contribution in [2.75, 3.05) is 0 Å². The quantitative estimate of drug-likeness (QED) is 0.141. The van der Waals surface area contributed by atoms with Crippen molar-refractivity contribution in [1.82, 2.24) is 0 Å². The van der Waals surface area contributed by atoms with Crippen LogP contribution >= 0.6 is 11.3 Å². The minimum absolute atomic E-state index is 0.192. The maximum Gasteiger partial charge on any atom is 0.0629 e. The SMILES string of the molecule is [2H]c1c([2H])c([2H])c(-c2ccc(-c3c(-c4ccccc4)sc4c(-c5ccccc5)c(-c5ccc6c(-c7ccccc7)c7ccccc7c(-c7ccccc7)c6c5)c5ccccc5c34)cc2)c([2H])c1[2H]. The monoisotopic (exact) mass is 821 g/mol. The second kappa shape index (κ2) is 15.6. The van der Waals surface area contributed by atoms with Gasteiger partial charge in [-0.3, -0.25) is 0 Å². The molecule has 1 aromatic heterocycles. The van der Waals surface area contributed by atoms with Crippen molar-refractivity contribution in [3.8, 4) is 77.2 Å². The van der Waals surface area contributed by atoms with Crippen LogP contribution in [0.3, 0.4) is 0 Å². The molecule has 11 aromatic carbocycles. The Morgan fingerprint density at radius 3 is 1.25 bits per heavy atom. The van der Waals surface area contributed by atoms with Crippen LogP contribution in [0.2, 0.25) is 0 Å². The van der Waals surface area contributed by atoms with E-state index in [1.54, 1.807) is 11.3 Å². The highest BCUT2D eigenvalue weighted by molar-refractivity contribution is 7.24. The third kappa shape index (κ3) is 6.28. The van der Waals surface area contributed by atoms with Gasteiger partial charge in [-0.15, -0.1) is 11.3 Å². The fourth-order valence-electron chi connectivity index (χ4n) is 9.64. The predicted octanol–water partition coefficient (Wildman–Crippen LogP) is 18.0. The molecule has 0 aliphatic heterocycles. The van der Waals surface area contributed by atoms with Gasteiger partial charge < -0.3 is 0 Å². The van der Waals surface area contributed by atoms with Gasteiger partial charge in [0, 0.05) is 26.1 Å². The minimum Gasteiger partial charge on any atom is -0.134 e. The van der Waals surface area contributed by atoms with E-state index in [-0.39, 0.29) is 29.7 Å². The summed E-state index contributed by atoms with van der Waals surface area (Å²) in [7, 11) is 0. The standard InChI is InChI=1S/C62H40S/c1-6-20-41(21-7-1)42-34-36-46(37-35-42)59-60-52-33-19-18-32-51(52)57(58(45-26-12-4-13-27-45)62(60)63-61(59)47-28-14-5-15-29-47)48-38-39-53-54(40-48)56(44-24-10-3-11-25-44)50-31-17-16-30-49(50)55(53)43-22-8-2-9-23-43/h1-40H/i1D,6D,7D,20D,21D. The normalized spacial score (nSPS) is 12.6. The Hall–Kier alpha value is -7.84. The zero-order chi connectivity index (χ0) is 46.0. The maximum absolute atomic E-state index is 8.72. The lowest BCUT2D eigenvalue weighted by Crippen LogP contribution is -1.93. The second-order valence-corrected chi connectivity index (χ2v) is 16.9. The maximum atomic E-state index is 8.72. The van der Waals surface area contributed by atoms with Gasteiger partial charge in [0.1, 0.15) is 0 Å². The smallest absolute Gasteiger partial charge is 0.0629 e. The Labute approximate surface area is 378 Å². The van der Waals surface area contributed by atoms with Crippen molar-refractivity contribution in [3.63, 3.8) is 0 Å². The van der Waals surface area contributed by atoms with Crippen LogP contribution in [-0.2, 0) is 0 Å². The number of hydrogen-bond donors (Lipinski definition) is 0. The summed E-state index contributed by atoms with van der Waals surface area (Å²) in [5, 5.41) is 8.22. The first-order valence-corrected chi connectivity index (χ1v) is 22.1. The number of rotatable bonds is 7. The zero-order valence-electron chi connectivity index (χ0n) is 39.1. The van der Waals surface area contributed by atoms with Crippen LogP contribution in [0.4, 0.5) is 0 Å². The summed E-state index contributed by atoms with van der Waals surface area (Å²) in [4.78, 5) is 1.12. The number of thiophene rings is 1. The third-order valence-corrected chi connectivity index (χ3v) is 13.6. The highest BCUT2D eigenvalue weighted by Gasteiger charge is 2.26. The Bertz CT molecular complexity index is 3890. The van der Waals surface area contributed by atoms with E-state index in [1.165, 1.54) is 54.1 Å².